The minimum absolute atomic E-state index is 0.117. The SMILES string of the molecule is CCn1nc(C)c(N)c1N(CCO)C(C)C. The molecule has 0 fully saturated rings. The molecule has 0 unspecified atom stereocenters. The number of nitrogens with two attached hydrogens (primary N) is 1. The number of aliphatic hydroxyl groups excluding tert-OH is 1. The standard InChI is InChI=1S/C11H22N4O/c1-5-15-11(10(12)9(4)13-15)14(6-7-16)8(2)3/h8,16H,5-7,12H2,1-4H3. The Hall–Kier alpha value is -1.23. The first-order chi connectivity index (χ1) is 7.52. The molecule has 0 radical (unpaired) electrons. The van der Waals surface area contributed by atoms with Gasteiger partial charge in [0.05, 0.1) is 18.0 Å². The third-order valence-corrected chi connectivity index (χ3v) is 2.68. The molecule has 5 heteroatoms. The van der Waals surface area contributed by atoms with E-state index in [9.17, 15) is 0 Å². The minimum atomic E-state index is 0.117. The van der Waals surface area contributed by atoms with Gasteiger partial charge in [-0.2, -0.15) is 5.10 Å². The highest BCUT2D eigenvalue weighted by atomic mass is 16.3. The number of aromatic nitrogens is 2. The van der Waals surface area contributed by atoms with Gasteiger partial charge in [-0.1, -0.05) is 0 Å². The van der Waals surface area contributed by atoms with Gasteiger partial charge in [-0.05, 0) is 27.7 Å². The molecule has 0 aliphatic rings. The van der Waals surface area contributed by atoms with Crippen LogP contribution >= 0.6 is 0 Å². The molecule has 0 aliphatic carbocycles. The molecule has 92 valence electrons. The third kappa shape index (κ3) is 2.29. The van der Waals surface area contributed by atoms with Crippen LogP contribution in [0.4, 0.5) is 11.5 Å². The van der Waals surface area contributed by atoms with Crippen LogP contribution in [0.25, 0.3) is 0 Å². The number of aliphatic hydroxyl groups is 1. The van der Waals surface area contributed by atoms with Gasteiger partial charge in [0.2, 0.25) is 0 Å². The van der Waals surface area contributed by atoms with Crippen molar-refractivity contribution >= 4 is 11.5 Å². The Kier molecular flexibility index (Phi) is 4.18. The van der Waals surface area contributed by atoms with Crippen molar-refractivity contribution in [3.63, 3.8) is 0 Å². The minimum Gasteiger partial charge on any atom is -0.395 e. The van der Waals surface area contributed by atoms with Crippen LogP contribution in [0.2, 0.25) is 0 Å². The summed E-state index contributed by atoms with van der Waals surface area (Å²) in [7, 11) is 0. The van der Waals surface area contributed by atoms with Crippen LogP contribution in [-0.4, -0.2) is 34.1 Å². The Bertz CT molecular complexity index is 346. The van der Waals surface area contributed by atoms with Gasteiger partial charge in [0, 0.05) is 19.1 Å². The highest BCUT2D eigenvalue weighted by Gasteiger charge is 2.20. The average molecular weight is 226 g/mol. The Morgan fingerprint density at radius 1 is 1.50 bits per heavy atom. The van der Waals surface area contributed by atoms with E-state index in [0.29, 0.717) is 12.2 Å². The first-order valence-electron chi connectivity index (χ1n) is 5.73. The summed E-state index contributed by atoms with van der Waals surface area (Å²) in [6.45, 7) is 9.57. The molecule has 1 rings (SSSR count). The Balaban J connectivity index is 3.16. The van der Waals surface area contributed by atoms with Gasteiger partial charge < -0.3 is 15.7 Å². The van der Waals surface area contributed by atoms with Crippen molar-refractivity contribution in [1.82, 2.24) is 9.78 Å². The molecule has 1 heterocycles. The molecule has 1 aromatic rings. The zero-order valence-electron chi connectivity index (χ0n) is 10.6. The monoisotopic (exact) mass is 226 g/mol. The molecular formula is C11H22N4O. The van der Waals surface area contributed by atoms with Crippen molar-refractivity contribution in [2.75, 3.05) is 23.8 Å². The molecule has 0 bridgehead atoms. The fourth-order valence-corrected chi connectivity index (χ4v) is 1.82. The van der Waals surface area contributed by atoms with Gasteiger partial charge in [0.15, 0.2) is 5.82 Å². The predicted octanol–water partition coefficient (Wildman–Crippen LogP) is 1.00. The van der Waals surface area contributed by atoms with Gasteiger partial charge in [0.25, 0.3) is 0 Å². The molecule has 0 atom stereocenters. The first-order valence-corrected chi connectivity index (χ1v) is 5.73. The fraction of sp³-hybridized carbons (Fsp3) is 0.727. The summed E-state index contributed by atoms with van der Waals surface area (Å²) >= 11 is 0. The largest absolute Gasteiger partial charge is 0.395 e. The molecular weight excluding hydrogens is 204 g/mol. The number of hydrogen-bond donors (Lipinski definition) is 2. The zero-order valence-corrected chi connectivity index (χ0v) is 10.6. The highest BCUT2D eigenvalue weighted by molar-refractivity contribution is 5.66. The van der Waals surface area contributed by atoms with Crippen molar-refractivity contribution in [2.24, 2.45) is 0 Å². The summed E-state index contributed by atoms with van der Waals surface area (Å²) in [6.07, 6.45) is 0. The molecule has 0 saturated carbocycles. The van der Waals surface area contributed by atoms with Crippen LogP contribution in [0, 0.1) is 6.92 Å². The second-order valence-electron chi connectivity index (χ2n) is 4.15. The number of hydrogen-bond acceptors (Lipinski definition) is 4. The number of rotatable bonds is 5. The zero-order chi connectivity index (χ0) is 12.3. The van der Waals surface area contributed by atoms with E-state index in [0.717, 1.165) is 18.1 Å². The number of anilines is 2. The second kappa shape index (κ2) is 5.21. The molecule has 5 nitrogen and oxygen atoms in total. The van der Waals surface area contributed by atoms with E-state index < -0.39 is 0 Å². The van der Waals surface area contributed by atoms with Crippen molar-refractivity contribution in [1.29, 1.82) is 0 Å². The lowest BCUT2D eigenvalue weighted by atomic mass is 10.3. The third-order valence-electron chi connectivity index (χ3n) is 2.68. The summed E-state index contributed by atoms with van der Waals surface area (Å²) < 4.78 is 1.89. The van der Waals surface area contributed by atoms with Crippen molar-refractivity contribution < 1.29 is 5.11 Å². The maximum absolute atomic E-state index is 9.10. The molecule has 0 amide bonds. The lowest BCUT2D eigenvalue weighted by Crippen LogP contribution is -2.35. The van der Waals surface area contributed by atoms with Gasteiger partial charge >= 0.3 is 0 Å². The fourth-order valence-electron chi connectivity index (χ4n) is 1.82. The highest BCUT2D eigenvalue weighted by Crippen LogP contribution is 2.27. The molecule has 0 aliphatic heterocycles. The van der Waals surface area contributed by atoms with E-state index in [-0.39, 0.29) is 12.6 Å². The van der Waals surface area contributed by atoms with Gasteiger partial charge in [-0.3, -0.25) is 0 Å². The van der Waals surface area contributed by atoms with Gasteiger partial charge in [0.1, 0.15) is 0 Å². The normalized spacial score (nSPS) is 11.1. The molecule has 16 heavy (non-hydrogen) atoms. The molecule has 0 aromatic carbocycles. The van der Waals surface area contributed by atoms with E-state index in [1.165, 1.54) is 0 Å². The quantitative estimate of drug-likeness (QED) is 0.786. The number of aryl methyl sites for hydroxylation is 2. The molecule has 0 saturated heterocycles. The van der Waals surface area contributed by atoms with Crippen LogP contribution in [0.5, 0.6) is 0 Å². The summed E-state index contributed by atoms with van der Waals surface area (Å²) in [5.41, 5.74) is 7.60. The van der Waals surface area contributed by atoms with Crippen LogP contribution in [-0.2, 0) is 6.54 Å². The molecule has 0 spiro atoms. The van der Waals surface area contributed by atoms with E-state index in [2.05, 4.69) is 23.8 Å². The summed E-state index contributed by atoms with van der Waals surface area (Å²) in [5.74, 6) is 0.920. The van der Waals surface area contributed by atoms with Crippen LogP contribution in [0.1, 0.15) is 26.5 Å². The van der Waals surface area contributed by atoms with E-state index >= 15 is 0 Å². The average Bonchev–Trinajstić information content (AvgIpc) is 2.52. The Morgan fingerprint density at radius 3 is 2.56 bits per heavy atom. The van der Waals surface area contributed by atoms with Crippen LogP contribution in [0.3, 0.4) is 0 Å². The number of nitrogens with zero attached hydrogens (tertiary/aromatic N) is 3. The van der Waals surface area contributed by atoms with Crippen molar-refractivity contribution in [3.8, 4) is 0 Å². The number of nitrogen functional groups attached to an aromatic ring is 1. The predicted molar refractivity (Wildman–Crippen MR) is 66.6 cm³/mol. The van der Waals surface area contributed by atoms with Gasteiger partial charge in [-0.15, -0.1) is 0 Å². The lowest BCUT2D eigenvalue weighted by molar-refractivity contribution is 0.298. The van der Waals surface area contributed by atoms with Crippen LogP contribution < -0.4 is 10.6 Å². The maximum atomic E-state index is 9.10. The first kappa shape index (κ1) is 12.8. The summed E-state index contributed by atoms with van der Waals surface area (Å²) in [5, 5.41) is 13.5. The van der Waals surface area contributed by atoms with E-state index in [4.69, 9.17) is 10.8 Å². The van der Waals surface area contributed by atoms with E-state index in [1.807, 2.05) is 18.5 Å². The summed E-state index contributed by atoms with van der Waals surface area (Å²) in [4.78, 5) is 2.08. The second-order valence-corrected chi connectivity index (χ2v) is 4.15. The smallest absolute Gasteiger partial charge is 0.150 e. The maximum Gasteiger partial charge on any atom is 0.150 e. The van der Waals surface area contributed by atoms with Crippen molar-refractivity contribution in [2.45, 2.75) is 40.3 Å². The Labute approximate surface area is 96.9 Å². The molecule has 3 N–H and O–H groups in total. The van der Waals surface area contributed by atoms with E-state index in [1.54, 1.807) is 0 Å². The topological polar surface area (TPSA) is 67.3 Å². The van der Waals surface area contributed by atoms with Gasteiger partial charge in [-0.25, -0.2) is 4.68 Å². The molecule has 1 aromatic heterocycles. The van der Waals surface area contributed by atoms with Crippen LogP contribution in [0.15, 0.2) is 0 Å². The van der Waals surface area contributed by atoms with Crippen molar-refractivity contribution in [3.05, 3.63) is 5.69 Å². The Morgan fingerprint density at radius 2 is 2.12 bits per heavy atom. The lowest BCUT2D eigenvalue weighted by Gasteiger charge is -2.28. The summed E-state index contributed by atoms with van der Waals surface area (Å²) in [6, 6.07) is 0.288.